The lowest BCUT2D eigenvalue weighted by atomic mass is 10.0. The summed E-state index contributed by atoms with van der Waals surface area (Å²) in [6, 6.07) is 25.4. The van der Waals surface area contributed by atoms with Crippen LogP contribution in [0.15, 0.2) is 152 Å². The maximum absolute atomic E-state index is 12.6. The Bertz CT molecular complexity index is 3550. The van der Waals surface area contributed by atoms with Gasteiger partial charge >= 0.3 is 36.1 Å². The number of alkyl halides is 9. The normalized spacial score (nSPS) is 13.2. The van der Waals surface area contributed by atoms with E-state index in [1.165, 1.54) is 17.2 Å². The summed E-state index contributed by atoms with van der Waals surface area (Å²) in [7, 11) is 0. The van der Waals surface area contributed by atoms with Gasteiger partial charge in [0.25, 0.3) is 0 Å². The van der Waals surface area contributed by atoms with Crippen molar-refractivity contribution in [2.24, 2.45) is 0 Å². The van der Waals surface area contributed by atoms with Crippen LogP contribution in [0.3, 0.4) is 0 Å². The standard InChI is InChI=1S/C19H18ClF3N4O3.C13H9F3N2O2.C12H15ClN2O2.C7H5ClO2.C6H5F3N2.ClH.HN3/c20-14-7-12(15(29)10-28)8-25-17(14)11-3-5-27(6-4-11)18(30)26-16-2-1-13(9-24-16)19(21,22)23;14-13(15,16)9-6-7-11(17-8-9)18-12(19)20-10-4-2-1-3-5-10;13-10-5-9(11(17)7-16)6-15-12(10)8-1-3-14-4-2-8;8-7(9)10-6-4-2-1-3-5-6;7-6(8,9)4-1-2-5(10)11-3-4;;1-3-2/h1-3,7-9,15,28-29H,4-6,10H2,(H,24,26,30);1-8H,(H,17,18,19);1,5-6,11,14,16-17H,2-4,7H2;1-5H;1-3H,(H2,10,11);1H;1H/t15-;;11-;;;;/m0.0..../s1. The summed E-state index contributed by atoms with van der Waals surface area (Å²) in [5.74, 6) is 0.849. The van der Waals surface area contributed by atoms with Crippen molar-refractivity contribution in [1.29, 1.82) is 5.53 Å². The summed E-state index contributed by atoms with van der Waals surface area (Å²) in [5, 5.41) is 45.7. The number of aromatic nitrogens is 5. The molecule has 7 aromatic rings. The summed E-state index contributed by atoms with van der Waals surface area (Å²) in [4.78, 5) is 56.1. The predicted molar refractivity (Wildman–Crippen MR) is 324 cm³/mol. The second kappa shape index (κ2) is 38.1. The van der Waals surface area contributed by atoms with Gasteiger partial charge in [0.05, 0.1) is 51.3 Å². The quantitative estimate of drug-likeness (QED) is 0.0202. The van der Waals surface area contributed by atoms with Crippen molar-refractivity contribution in [2.75, 3.05) is 55.8 Å². The van der Waals surface area contributed by atoms with Crippen LogP contribution >= 0.6 is 47.2 Å². The van der Waals surface area contributed by atoms with Crippen LogP contribution in [0.4, 0.5) is 71.4 Å². The molecule has 2 aromatic carbocycles. The monoisotopic (exact) mass is 1380 g/mol. The van der Waals surface area contributed by atoms with E-state index in [2.05, 4.69) is 51.7 Å². The molecular formula is C57H54Cl4F9N13O9. The van der Waals surface area contributed by atoms with Crippen LogP contribution in [-0.2, 0) is 18.5 Å². The minimum atomic E-state index is -4.49. The highest BCUT2D eigenvalue weighted by atomic mass is 35.5. The Morgan fingerprint density at radius 3 is 1.45 bits per heavy atom. The lowest BCUT2D eigenvalue weighted by Gasteiger charge is -2.26. The molecule has 22 nitrogen and oxygen atoms in total. The van der Waals surface area contributed by atoms with Gasteiger partial charge in [0.2, 0.25) is 0 Å². The highest BCUT2D eigenvalue weighted by Gasteiger charge is 2.33. The van der Waals surface area contributed by atoms with Crippen molar-refractivity contribution in [2.45, 2.75) is 43.6 Å². The molecule has 5 aromatic heterocycles. The number of benzene rings is 2. The Labute approximate surface area is 538 Å². The van der Waals surface area contributed by atoms with Crippen molar-refractivity contribution in [3.8, 4) is 11.5 Å². The summed E-state index contributed by atoms with van der Waals surface area (Å²) in [6.07, 6.45) is -5.91. The zero-order valence-corrected chi connectivity index (χ0v) is 50.3. The second-order valence-corrected chi connectivity index (χ2v) is 19.2. The number of aliphatic hydroxyl groups excluding tert-OH is 4. The van der Waals surface area contributed by atoms with Crippen LogP contribution in [0.2, 0.25) is 10.0 Å². The number of urea groups is 1. The molecule has 3 amide bonds. The first-order valence-electron chi connectivity index (χ1n) is 25.9. The number of nitrogens with two attached hydrogens (primary N) is 1. The van der Waals surface area contributed by atoms with Gasteiger partial charge in [-0.2, -0.15) is 39.5 Å². The molecule has 0 spiro atoms. The first-order chi connectivity index (χ1) is 43.1. The van der Waals surface area contributed by atoms with Crippen LogP contribution in [0.1, 0.15) is 64.3 Å². The van der Waals surface area contributed by atoms with Crippen molar-refractivity contribution < 1.29 is 83.8 Å². The zero-order chi connectivity index (χ0) is 67.3. The maximum atomic E-state index is 12.6. The third kappa shape index (κ3) is 26.9. The Morgan fingerprint density at radius 2 is 1.09 bits per heavy atom. The highest BCUT2D eigenvalue weighted by molar-refractivity contribution is 6.61. The fourth-order valence-electron chi connectivity index (χ4n) is 7.20. The first-order valence-corrected chi connectivity index (χ1v) is 27.1. The van der Waals surface area contributed by atoms with E-state index in [-0.39, 0.29) is 43.0 Å². The molecule has 10 N–H and O–H groups in total. The van der Waals surface area contributed by atoms with Gasteiger partial charge in [0, 0.05) is 73.3 Å². The topological polar surface area (TPSA) is 341 Å². The minimum absolute atomic E-state index is 0. The van der Waals surface area contributed by atoms with E-state index >= 15 is 0 Å². The molecule has 0 fully saturated rings. The SMILES string of the molecule is Cl.Nc1ccc(C(F)(F)F)cn1.O=C(Cl)Oc1ccccc1.O=C(Nc1ccc(C(F)(F)F)cn1)N1CC=C(c2ncc([C@@H](O)CO)cc2Cl)CC1.O=C(Nc1ccc(C(F)(F)F)cn1)Oc1ccccc1.OC[C@H](O)c1cnc(C2=CCNCC2)c(Cl)c1.[N-]=[N+]=N. The van der Waals surface area contributed by atoms with Crippen LogP contribution in [0.5, 0.6) is 11.5 Å². The Hall–Kier alpha value is -8.88. The van der Waals surface area contributed by atoms with Gasteiger partial charge in [0.15, 0.2) is 0 Å². The number of carbonyl (C=O) groups is 3. The van der Waals surface area contributed by atoms with E-state index in [1.807, 2.05) is 6.07 Å². The van der Waals surface area contributed by atoms with Crippen LogP contribution in [-0.4, -0.2) is 107 Å². The number of nitrogens with zero attached hydrogens (tertiary/aromatic N) is 8. The first kappa shape index (κ1) is 77.4. The van der Waals surface area contributed by atoms with Gasteiger partial charge < -0.3 is 45.9 Å². The maximum Gasteiger partial charge on any atom is 0.418 e. The average Bonchev–Trinajstić information content (AvgIpc) is 2.13. The molecule has 92 heavy (non-hydrogen) atoms. The number of rotatable bonds is 10. The van der Waals surface area contributed by atoms with E-state index in [1.54, 1.807) is 77.8 Å². The molecule has 0 bridgehead atoms. The molecule has 0 saturated heterocycles. The number of pyridine rings is 5. The largest absolute Gasteiger partial charge is 0.418 e. The van der Waals surface area contributed by atoms with E-state index in [4.69, 9.17) is 66.5 Å². The minimum Gasteiger partial charge on any atom is -0.415 e. The van der Waals surface area contributed by atoms with Crippen molar-refractivity contribution in [3.05, 3.63) is 212 Å². The molecule has 0 aliphatic carbocycles. The third-order valence-corrected chi connectivity index (χ3v) is 12.3. The molecule has 2 aliphatic rings. The fourth-order valence-corrected chi connectivity index (χ4v) is 7.88. The number of nitrogen functional groups attached to an aromatic ring is 1. The summed E-state index contributed by atoms with van der Waals surface area (Å²) in [6.45, 7) is 1.57. The number of nitrogens with one attached hydrogen (secondary N) is 4. The number of carbonyl (C=O) groups excluding carboxylic acids is 3. The molecule has 492 valence electrons. The van der Waals surface area contributed by atoms with E-state index in [0.717, 1.165) is 72.7 Å². The number of hydrogen-bond donors (Lipinski definition) is 9. The average molecular weight is 1380 g/mol. The van der Waals surface area contributed by atoms with Crippen molar-refractivity contribution in [1.82, 2.24) is 35.1 Å². The lowest BCUT2D eigenvalue weighted by Crippen LogP contribution is -2.38. The number of ether oxygens (including phenoxy) is 2. The second-order valence-electron chi connectivity index (χ2n) is 18.0. The number of halogens is 13. The smallest absolute Gasteiger partial charge is 0.415 e. The molecule has 35 heteroatoms. The lowest BCUT2D eigenvalue weighted by molar-refractivity contribution is -0.138. The third-order valence-electron chi connectivity index (χ3n) is 11.7. The summed E-state index contributed by atoms with van der Waals surface area (Å²) < 4.78 is 120. The van der Waals surface area contributed by atoms with E-state index in [9.17, 15) is 64.1 Å². The molecular weight excluding hydrogens is 1320 g/mol. The van der Waals surface area contributed by atoms with E-state index < -0.39 is 71.6 Å². The number of amides is 3. The van der Waals surface area contributed by atoms with Crippen LogP contribution < -0.4 is 31.2 Å². The van der Waals surface area contributed by atoms with Gasteiger partial charge in [-0.15, -0.1) is 17.9 Å². The number of para-hydroxylation sites is 2. The number of anilines is 3. The Kier molecular flexibility index (Phi) is 32.0. The molecule has 0 radical (unpaired) electrons. The Balaban J connectivity index is 0.000000312. The number of aliphatic hydroxyl groups is 4. The molecule has 2 atom stereocenters. The van der Waals surface area contributed by atoms with E-state index in [0.29, 0.717) is 69.9 Å². The zero-order valence-electron chi connectivity index (χ0n) is 47.2. The predicted octanol–water partition coefficient (Wildman–Crippen LogP) is 13.7. The van der Waals surface area contributed by atoms with Gasteiger partial charge in [-0.25, -0.2) is 29.3 Å². The van der Waals surface area contributed by atoms with Crippen molar-refractivity contribution in [3.63, 3.8) is 0 Å². The van der Waals surface area contributed by atoms with Crippen LogP contribution in [0, 0.1) is 5.53 Å². The summed E-state index contributed by atoms with van der Waals surface area (Å²) >= 11 is 17.3. The van der Waals surface area contributed by atoms with Crippen LogP contribution in [0.25, 0.3) is 21.6 Å². The van der Waals surface area contributed by atoms with Crippen molar-refractivity contribution >= 4 is 93.4 Å². The van der Waals surface area contributed by atoms with Gasteiger partial charge in [-0.05, 0) is 114 Å². The van der Waals surface area contributed by atoms with Gasteiger partial charge in [-0.1, -0.05) is 71.8 Å². The summed E-state index contributed by atoms with van der Waals surface area (Å²) in [5.41, 5.74) is 18.1. The molecule has 9 rings (SSSR count). The molecule has 0 saturated carbocycles. The Morgan fingerprint density at radius 1 is 0.652 bits per heavy atom. The van der Waals surface area contributed by atoms with Gasteiger partial charge in [0.1, 0.15) is 41.2 Å². The highest BCUT2D eigenvalue weighted by Crippen LogP contribution is 2.33. The number of hydrogen-bond acceptors (Lipinski definition) is 17. The molecule has 0 unspecified atom stereocenters. The molecule has 2 aliphatic heterocycles. The molecule has 7 heterocycles. The fraction of sp³-hybridized carbons (Fsp3) is 0.228. The van der Waals surface area contributed by atoms with Gasteiger partial charge in [-0.3, -0.25) is 20.6 Å².